The Morgan fingerprint density at radius 1 is 1.12 bits per heavy atom. The van der Waals surface area contributed by atoms with Crippen LogP contribution < -0.4 is 16.2 Å². The zero-order valence-electron chi connectivity index (χ0n) is 9.45. The molecule has 1 rings (SSSR count). The summed E-state index contributed by atoms with van der Waals surface area (Å²) in [6.45, 7) is 3.27. The first-order valence-electron chi connectivity index (χ1n) is 5.33. The summed E-state index contributed by atoms with van der Waals surface area (Å²) in [5.74, 6) is 0. The van der Waals surface area contributed by atoms with Crippen LogP contribution in [-0.4, -0.2) is 36.5 Å². The van der Waals surface area contributed by atoms with Gasteiger partial charge in [0.15, 0.2) is 0 Å². The maximum atomic E-state index is 8.69. The SMILES string of the molecule is Cc1cc(NCCO)ccc1NNCCO. The van der Waals surface area contributed by atoms with Gasteiger partial charge in [0.25, 0.3) is 0 Å². The molecule has 0 bridgehead atoms. The van der Waals surface area contributed by atoms with Crippen LogP contribution >= 0.6 is 0 Å². The Kier molecular flexibility index (Phi) is 5.63. The van der Waals surface area contributed by atoms with E-state index in [0.717, 1.165) is 16.9 Å². The molecule has 0 atom stereocenters. The molecule has 1 aromatic carbocycles. The molecule has 0 radical (unpaired) electrons. The second-order valence-corrected chi connectivity index (χ2v) is 3.46. The summed E-state index contributed by atoms with van der Waals surface area (Å²) in [6.07, 6.45) is 0. The van der Waals surface area contributed by atoms with Crippen LogP contribution in [0.25, 0.3) is 0 Å². The average molecular weight is 225 g/mol. The number of aryl methyl sites for hydroxylation is 1. The van der Waals surface area contributed by atoms with Crippen molar-refractivity contribution in [2.24, 2.45) is 0 Å². The van der Waals surface area contributed by atoms with Crippen LogP contribution in [0.4, 0.5) is 11.4 Å². The standard InChI is InChI=1S/C11H19N3O2/c1-9-8-10(12-4-6-15)2-3-11(9)14-13-5-7-16/h2-3,8,12-16H,4-7H2,1H3. The smallest absolute Gasteiger partial charge is 0.0604 e. The van der Waals surface area contributed by atoms with E-state index in [1.807, 2.05) is 25.1 Å². The summed E-state index contributed by atoms with van der Waals surface area (Å²) >= 11 is 0. The van der Waals surface area contributed by atoms with E-state index in [2.05, 4.69) is 16.2 Å². The lowest BCUT2D eigenvalue weighted by atomic mass is 10.2. The van der Waals surface area contributed by atoms with Crippen molar-refractivity contribution in [1.29, 1.82) is 0 Å². The summed E-state index contributed by atoms with van der Waals surface area (Å²) in [6, 6.07) is 5.88. The molecule has 0 heterocycles. The molecule has 0 aliphatic carbocycles. The fourth-order valence-corrected chi connectivity index (χ4v) is 1.33. The molecule has 16 heavy (non-hydrogen) atoms. The molecule has 5 nitrogen and oxygen atoms in total. The normalized spacial score (nSPS) is 10.2. The highest BCUT2D eigenvalue weighted by Crippen LogP contribution is 2.18. The van der Waals surface area contributed by atoms with Gasteiger partial charge in [-0.15, -0.1) is 0 Å². The van der Waals surface area contributed by atoms with Gasteiger partial charge in [-0.05, 0) is 30.7 Å². The summed E-state index contributed by atoms with van der Waals surface area (Å²) in [5.41, 5.74) is 8.96. The third kappa shape index (κ3) is 4.06. The van der Waals surface area contributed by atoms with Crippen molar-refractivity contribution in [3.05, 3.63) is 23.8 Å². The highest BCUT2D eigenvalue weighted by Gasteiger charge is 1.98. The fraction of sp³-hybridized carbons (Fsp3) is 0.455. The van der Waals surface area contributed by atoms with Crippen LogP contribution in [0.3, 0.4) is 0 Å². The number of nitrogens with one attached hydrogen (secondary N) is 3. The minimum Gasteiger partial charge on any atom is -0.395 e. The molecule has 0 amide bonds. The van der Waals surface area contributed by atoms with Crippen molar-refractivity contribution < 1.29 is 10.2 Å². The molecule has 0 saturated carbocycles. The average Bonchev–Trinajstić information content (AvgIpc) is 2.29. The van der Waals surface area contributed by atoms with Crippen LogP contribution in [0.15, 0.2) is 18.2 Å². The van der Waals surface area contributed by atoms with E-state index < -0.39 is 0 Å². The van der Waals surface area contributed by atoms with Crippen LogP contribution in [0.1, 0.15) is 5.56 Å². The Hall–Kier alpha value is -1.30. The summed E-state index contributed by atoms with van der Waals surface area (Å²) in [5, 5.41) is 20.4. The van der Waals surface area contributed by atoms with Crippen molar-refractivity contribution in [1.82, 2.24) is 5.43 Å². The Bertz CT molecular complexity index is 318. The first-order chi connectivity index (χ1) is 7.77. The van der Waals surface area contributed by atoms with Crippen LogP contribution in [0, 0.1) is 6.92 Å². The van der Waals surface area contributed by atoms with Crippen LogP contribution in [0.2, 0.25) is 0 Å². The number of aliphatic hydroxyl groups is 2. The Labute approximate surface area is 95.5 Å². The molecule has 0 fully saturated rings. The third-order valence-electron chi connectivity index (χ3n) is 2.13. The number of hydrazine groups is 1. The van der Waals surface area contributed by atoms with Crippen molar-refractivity contribution in [2.75, 3.05) is 37.0 Å². The highest BCUT2D eigenvalue weighted by atomic mass is 16.3. The molecule has 0 aromatic heterocycles. The van der Waals surface area contributed by atoms with E-state index in [-0.39, 0.29) is 13.2 Å². The van der Waals surface area contributed by atoms with Crippen molar-refractivity contribution in [3.8, 4) is 0 Å². The van der Waals surface area contributed by atoms with Gasteiger partial charge in [0, 0.05) is 18.8 Å². The van der Waals surface area contributed by atoms with E-state index in [1.54, 1.807) is 0 Å². The van der Waals surface area contributed by atoms with Crippen LogP contribution in [0.5, 0.6) is 0 Å². The summed E-state index contributed by atoms with van der Waals surface area (Å²) in [4.78, 5) is 0. The minimum absolute atomic E-state index is 0.0994. The molecule has 90 valence electrons. The summed E-state index contributed by atoms with van der Waals surface area (Å²) in [7, 11) is 0. The lowest BCUT2D eigenvalue weighted by molar-refractivity contribution is 0.296. The molecule has 0 aliphatic rings. The third-order valence-corrected chi connectivity index (χ3v) is 2.13. The maximum absolute atomic E-state index is 8.69. The molecule has 0 unspecified atom stereocenters. The van der Waals surface area contributed by atoms with Gasteiger partial charge in [-0.25, -0.2) is 5.43 Å². The first-order valence-corrected chi connectivity index (χ1v) is 5.33. The first kappa shape index (κ1) is 12.8. The Morgan fingerprint density at radius 2 is 1.88 bits per heavy atom. The van der Waals surface area contributed by atoms with E-state index in [9.17, 15) is 0 Å². The number of hydrogen-bond acceptors (Lipinski definition) is 5. The Morgan fingerprint density at radius 3 is 2.50 bits per heavy atom. The van der Waals surface area contributed by atoms with Crippen molar-refractivity contribution >= 4 is 11.4 Å². The number of aliphatic hydroxyl groups excluding tert-OH is 2. The van der Waals surface area contributed by atoms with Gasteiger partial charge in [0.05, 0.1) is 18.9 Å². The molecule has 5 heteroatoms. The minimum atomic E-state index is 0.0994. The highest BCUT2D eigenvalue weighted by molar-refractivity contribution is 5.58. The molecule has 0 aliphatic heterocycles. The molecule has 1 aromatic rings. The largest absolute Gasteiger partial charge is 0.395 e. The maximum Gasteiger partial charge on any atom is 0.0604 e. The van der Waals surface area contributed by atoms with Crippen molar-refractivity contribution in [3.63, 3.8) is 0 Å². The van der Waals surface area contributed by atoms with Crippen molar-refractivity contribution in [2.45, 2.75) is 6.92 Å². The Balaban J connectivity index is 2.53. The van der Waals surface area contributed by atoms with Gasteiger partial charge < -0.3 is 21.0 Å². The van der Waals surface area contributed by atoms with Gasteiger partial charge in [0.1, 0.15) is 0 Å². The fourth-order valence-electron chi connectivity index (χ4n) is 1.33. The predicted octanol–water partition coefficient (Wildman–Crippen LogP) is 0.308. The summed E-state index contributed by atoms with van der Waals surface area (Å²) < 4.78 is 0. The van der Waals surface area contributed by atoms with Gasteiger partial charge in [0.2, 0.25) is 0 Å². The number of anilines is 2. The topological polar surface area (TPSA) is 76.5 Å². The molecule has 0 spiro atoms. The lowest BCUT2D eigenvalue weighted by Crippen LogP contribution is -2.25. The van der Waals surface area contributed by atoms with Gasteiger partial charge in [-0.1, -0.05) is 0 Å². The molecular weight excluding hydrogens is 206 g/mol. The zero-order chi connectivity index (χ0) is 11.8. The monoisotopic (exact) mass is 225 g/mol. The quantitative estimate of drug-likeness (QED) is 0.341. The van der Waals surface area contributed by atoms with E-state index in [1.165, 1.54) is 0 Å². The lowest BCUT2D eigenvalue weighted by Gasteiger charge is -2.12. The van der Waals surface area contributed by atoms with Gasteiger partial charge >= 0.3 is 0 Å². The van der Waals surface area contributed by atoms with E-state index >= 15 is 0 Å². The second kappa shape index (κ2) is 7.05. The van der Waals surface area contributed by atoms with Gasteiger partial charge in [-0.3, -0.25) is 0 Å². The molecular formula is C11H19N3O2. The number of benzene rings is 1. The predicted molar refractivity (Wildman–Crippen MR) is 65.5 cm³/mol. The number of hydrogen-bond donors (Lipinski definition) is 5. The second-order valence-electron chi connectivity index (χ2n) is 3.46. The van der Waals surface area contributed by atoms with E-state index in [0.29, 0.717) is 13.1 Å². The van der Waals surface area contributed by atoms with E-state index in [4.69, 9.17) is 10.2 Å². The van der Waals surface area contributed by atoms with Crippen LogP contribution in [-0.2, 0) is 0 Å². The zero-order valence-corrected chi connectivity index (χ0v) is 9.45. The number of rotatable bonds is 7. The van der Waals surface area contributed by atoms with Gasteiger partial charge in [-0.2, -0.15) is 0 Å². The molecule has 5 N–H and O–H groups in total. The molecule has 0 saturated heterocycles.